The van der Waals surface area contributed by atoms with Gasteiger partial charge in [-0.1, -0.05) is 0 Å². The zero-order valence-corrected chi connectivity index (χ0v) is 16.1. The van der Waals surface area contributed by atoms with Crippen LogP contribution in [0, 0.1) is 17.0 Å². The second-order valence-electron chi connectivity index (χ2n) is 5.52. The fourth-order valence-electron chi connectivity index (χ4n) is 2.45. The Bertz CT molecular complexity index is 793. The maximum Gasteiger partial charge on any atom is 0.519 e. The summed E-state index contributed by atoms with van der Waals surface area (Å²) in [5.41, 5.74) is 1.75. The normalized spacial score (nSPS) is 10.3. The van der Waals surface area contributed by atoms with E-state index in [1.54, 1.807) is 12.1 Å². The predicted molar refractivity (Wildman–Crippen MR) is 105 cm³/mol. The first-order chi connectivity index (χ1) is 12.9. The first kappa shape index (κ1) is 20.8. The number of halogens is 2. The third-order valence-electron chi connectivity index (χ3n) is 3.67. The van der Waals surface area contributed by atoms with Crippen molar-refractivity contribution in [2.75, 3.05) is 29.7 Å². The van der Waals surface area contributed by atoms with E-state index in [0.29, 0.717) is 30.6 Å². The van der Waals surface area contributed by atoms with Gasteiger partial charge in [0.15, 0.2) is 0 Å². The van der Waals surface area contributed by atoms with Gasteiger partial charge in [0, 0.05) is 42.7 Å². The van der Waals surface area contributed by atoms with Crippen molar-refractivity contribution in [2.24, 2.45) is 0 Å². The highest BCUT2D eigenvalue weighted by Gasteiger charge is 2.13. The molecule has 0 radical (unpaired) electrons. The van der Waals surface area contributed by atoms with Crippen LogP contribution in [0.15, 0.2) is 42.5 Å². The Morgan fingerprint density at radius 2 is 1.59 bits per heavy atom. The molecule has 0 saturated carbocycles. The summed E-state index contributed by atoms with van der Waals surface area (Å²) >= 11 is 11.7. The van der Waals surface area contributed by atoms with E-state index in [0.717, 1.165) is 11.3 Å². The lowest BCUT2D eigenvalue weighted by Crippen LogP contribution is -2.28. The summed E-state index contributed by atoms with van der Waals surface area (Å²) in [7, 11) is 0. The second-order valence-corrected chi connectivity index (χ2v) is 6.27. The Balaban J connectivity index is 2.03. The Kier molecular flexibility index (Phi) is 7.69. The van der Waals surface area contributed by atoms with Crippen LogP contribution in [0.2, 0.25) is 0 Å². The van der Waals surface area contributed by atoms with Gasteiger partial charge in [0.25, 0.3) is 5.69 Å². The van der Waals surface area contributed by atoms with Crippen molar-refractivity contribution in [3.8, 4) is 11.5 Å². The van der Waals surface area contributed by atoms with Crippen molar-refractivity contribution in [1.29, 1.82) is 0 Å². The maximum absolute atomic E-state index is 11.9. The van der Waals surface area contributed by atoms with Crippen molar-refractivity contribution >= 4 is 40.7 Å². The van der Waals surface area contributed by atoms with E-state index in [9.17, 15) is 14.9 Å². The molecular weight excluding hydrogens is 395 g/mol. The van der Waals surface area contributed by atoms with Gasteiger partial charge in [-0.2, -0.15) is 0 Å². The van der Waals surface area contributed by atoms with Crippen LogP contribution in [-0.2, 0) is 0 Å². The van der Waals surface area contributed by atoms with E-state index in [4.69, 9.17) is 32.7 Å². The number of rotatable bonds is 8. The molecule has 0 fully saturated rings. The molecule has 0 spiro atoms. The number of nitrogens with zero attached hydrogens (tertiary/aromatic N) is 2. The van der Waals surface area contributed by atoms with Gasteiger partial charge in [0.2, 0.25) is 0 Å². The minimum atomic E-state index is -0.936. The molecule has 0 unspecified atom stereocenters. The van der Waals surface area contributed by atoms with Crippen LogP contribution < -0.4 is 14.4 Å². The number of nitro groups is 1. The van der Waals surface area contributed by atoms with E-state index in [1.807, 2.05) is 17.9 Å². The highest BCUT2D eigenvalue weighted by molar-refractivity contribution is 6.18. The smallest absolute Gasteiger partial charge is 0.395 e. The lowest BCUT2D eigenvalue weighted by atomic mass is 10.1. The average Bonchev–Trinajstić information content (AvgIpc) is 2.62. The van der Waals surface area contributed by atoms with Gasteiger partial charge in [-0.15, -0.1) is 23.2 Å². The molecule has 0 bridgehead atoms. The lowest BCUT2D eigenvalue weighted by molar-refractivity contribution is -0.384. The number of ether oxygens (including phenoxy) is 2. The summed E-state index contributed by atoms with van der Waals surface area (Å²) in [6.45, 7) is 3.19. The van der Waals surface area contributed by atoms with Crippen molar-refractivity contribution in [3.05, 3.63) is 58.1 Å². The van der Waals surface area contributed by atoms with Gasteiger partial charge in [-0.3, -0.25) is 10.1 Å². The van der Waals surface area contributed by atoms with Gasteiger partial charge < -0.3 is 14.4 Å². The molecule has 0 amide bonds. The number of alkyl halides is 2. The van der Waals surface area contributed by atoms with Crippen molar-refractivity contribution in [3.63, 3.8) is 0 Å². The molecule has 0 aliphatic heterocycles. The van der Waals surface area contributed by atoms with Crippen LogP contribution >= 0.6 is 23.2 Å². The molecule has 144 valence electrons. The van der Waals surface area contributed by atoms with E-state index < -0.39 is 11.1 Å². The summed E-state index contributed by atoms with van der Waals surface area (Å²) in [6, 6.07) is 10.3. The van der Waals surface area contributed by atoms with E-state index in [-0.39, 0.29) is 11.4 Å². The summed E-state index contributed by atoms with van der Waals surface area (Å²) in [6.07, 6.45) is -0.936. The number of hydrogen-bond donors (Lipinski definition) is 0. The first-order valence-corrected chi connectivity index (χ1v) is 9.13. The zero-order chi connectivity index (χ0) is 19.8. The van der Waals surface area contributed by atoms with Gasteiger partial charge in [0.05, 0.1) is 4.92 Å². The molecule has 2 aromatic rings. The fraction of sp³-hybridized carbons (Fsp3) is 0.278. The molecule has 0 aliphatic rings. The molecule has 0 N–H and O–H groups in total. The van der Waals surface area contributed by atoms with Crippen LogP contribution in [-0.4, -0.2) is 35.9 Å². The molecule has 0 saturated heterocycles. The Morgan fingerprint density at radius 3 is 2.11 bits per heavy atom. The number of nitro benzene ring substituents is 1. The summed E-state index contributed by atoms with van der Waals surface area (Å²) in [5.74, 6) is 1.40. The third kappa shape index (κ3) is 6.01. The molecule has 0 aromatic heterocycles. The van der Waals surface area contributed by atoms with Crippen molar-refractivity contribution in [1.82, 2.24) is 0 Å². The molecule has 2 aromatic carbocycles. The van der Waals surface area contributed by atoms with E-state index >= 15 is 0 Å². The summed E-state index contributed by atoms with van der Waals surface area (Å²) in [5, 5.41) is 10.6. The Labute approximate surface area is 166 Å². The van der Waals surface area contributed by atoms with Crippen molar-refractivity contribution < 1.29 is 19.2 Å². The number of carbonyl (C=O) groups is 1. The van der Waals surface area contributed by atoms with Crippen LogP contribution in [0.4, 0.5) is 16.2 Å². The van der Waals surface area contributed by atoms with Crippen LogP contribution in [0.25, 0.3) is 0 Å². The molecule has 0 heterocycles. The monoisotopic (exact) mass is 412 g/mol. The number of hydrogen-bond acceptors (Lipinski definition) is 6. The minimum Gasteiger partial charge on any atom is -0.395 e. The first-order valence-electron chi connectivity index (χ1n) is 8.06. The maximum atomic E-state index is 11.9. The van der Waals surface area contributed by atoms with Gasteiger partial charge >= 0.3 is 6.16 Å². The fourth-order valence-corrected chi connectivity index (χ4v) is 2.86. The molecule has 0 aliphatic carbocycles. The molecular formula is C18H18Cl2N2O5. The predicted octanol–water partition coefficient (Wildman–Crippen LogP) is 4.77. The van der Waals surface area contributed by atoms with Gasteiger partial charge in [0.1, 0.15) is 11.5 Å². The molecule has 9 heteroatoms. The summed E-state index contributed by atoms with van der Waals surface area (Å²) in [4.78, 5) is 24.0. The molecule has 0 atom stereocenters. The second kappa shape index (κ2) is 9.99. The lowest BCUT2D eigenvalue weighted by Gasteiger charge is -2.25. The Hall–Kier alpha value is -2.51. The largest absolute Gasteiger partial charge is 0.519 e. The SMILES string of the molecule is Cc1cc(OC(=O)Oc2ccc([N+](=O)[O-])cc2)ccc1N(CCCl)CCCl. The zero-order valence-electron chi connectivity index (χ0n) is 14.6. The number of non-ortho nitro benzene ring substituents is 1. The number of benzene rings is 2. The van der Waals surface area contributed by atoms with Crippen molar-refractivity contribution in [2.45, 2.75) is 6.92 Å². The van der Waals surface area contributed by atoms with Gasteiger partial charge in [-0.25, -0.2) is 4.79 Å². The highest BCUT2D eigenvalue weighted by Crippen LogP contribution is 2.26. The minimum absolute atomic E-state index is 0.0969. The number of carbonyl (C=O) groups excluding carboxylic acids is 1. The third-order valence-corrected chi connectivity index (χ3v) is 4.01. The van der Waals surface area contributed by atoms with Crippen LogP contribution in [0.3, 0.4) is 0 Å². The summed E-state index contributed by atoms with van der Waals surface area (Å²) < 4.78 is 10.2. The molecule has 27 heavy (non-hydrogen) atoms. The van der Waals surface area contributed by atoms with E-state index in [2.05, 4.69) is 0 Å². The number of anilines is 1. The topological polar surface area (TPSA) is 81.9 Å². The van der Waals surface area contributed by atoms with Crippen LogP contribution in [0.1, 0.15) is 5.56 Å². The van der Waals surface area contributed by atoms with Gasteiger partial charge in [-0.05, 0) is 42.8 Å². The molecule has 2 rings (SSSR count). The van der Waals surface area contributed by atoms with E-state index in [1.165, 1.54) is 24.3 Å². The Morgan fingerprint density at radius 1 is 1.04 bits per heavy atom. The quantitative estimate of drug-likeness (QED) is 0.204. The average molecular weight is 413 g/mol. The standard InChI is InChI=1S/C18H18Cl2N2O5/c1-13-12-16(6-7-17(13)21(10-8-19)11-9-20)27-18(23)26-15-4-2-14(3-5-15)22(24)25/h2-7,12H,8-11H2,1H3. The number of aryl methyl sites for hydroxylation is 1. The van der Waals surface area contributed by atoms with Crippen LogP contribution in [0.5, 0.6) is 11.5 Å². The molecule has 7 nitrogen and oxygen atoms in total. The highest BCUT2D eigenvalue weighted by atomic mass is 35.5.